The van der Waals surface area contributed by atoms with Gasteiger partial charge in [-0.15, -0.1) is 0 Å². The highest BCUT2D eigenvalue weighted by Crippen LogP contribution is 2.19. The van der Waals surface area contributed by atoms with E-state index < -0.39 is 10.1 Å². The lowest BCUT2D eigenvalue weighted by atomic mass is 10.0. The summed E-state index contributed by atoms with van der Waals surface area (Å²) in [7, 11) is -4.10. The quantitative estimate of drug-likeness (QED) is 0.177. The summed E-state index contributed by atoms with van der Waals surface area (Å²) in [4.78, 5) is 0.00888. The first-order valence-corrected chi connectivity index (χ1v) is 13.5. The summed E-state index contributed by atoms with van der Waals surface area (Å²) in [6, 6.07) is 4.88. The number of benzene rings is 1. The number of hydrogen-bond donors (Lipinski definition) is 2. The van der Waals surface area contributed by atoms with Crippen molar-refractivity contribution >= 4 is 10.1 Å². The molecule has 0 aromatic heterocycles. The fourth-order valence-corrected chi connectivity index (χ4v) is 4.47. The summed E-state index contributed by atoms with van der Waals surface area (Å²) < 4.78 is 31.7. The van der Waals surface area contributed by atoms with Gasteiger partial charge >= 0.3 is 0 Å². The Labute approximate surface area is 186 Å². The Morgan fingerprint density at radius 2 is 1.10 bits per heavy atom. The first-order chi connectivity index (χ1) is 13.9. The molecule has 0 aliphatic heterocycles. The first-order valence-electron chi connectivity index (χ1n) is 12.0. The predicted molar refractivity (Wildman–Crippen MR) is 129 cm³/mol. The zero-order valence-electron chi connectivity index (χ0n) is 19.6. The fourth-order valence-electron chi connectivity index (χ4n) is 3.94. The second kappa shape index (κ2) is 17.7. The van der Waals surface area contributed by atoms with Gasteiger partial charge in [0.15, 0.2) is 0 Å². The molecule has 0 amide bonds. The third-order valence-electron chi connectivity index (χ3n) is 5.92. The van der Waals surface area contributed by atoms with Crippen molar-refractivity contribution in [1.82, 2.24) is 6.15 Å². The van der Waals surface area contributed by atoms with E-state index in [9.17, 15) is 13.0 Å². The van der Waals surface area contributed by atoms with Gasteiger partial charge in [-0.1, -0.05) is 109 Å². The minimum Gasteiger partial charge on any atom is -0.344 e. The Morgan fingerprint density at radius 1 is 0.700 bits per heavy atom. The van der Waals surface area contributed by atoms with Crippen LogP contribution < -0.4 is 6.15 Å². The lowest BCUT2D eigenvalue weighted by Crippen LogP contribution is -2.00. The van der Waals surface area contributed by atoms with Gasteiger partial charge in [0.25, 0.3) is 10.1 Å². The summed E-state index contributed by atoms with van der Waals surface area (Å²) in [5.41, 5.74) is 2.13. The van der Waals surface area contributed by atoms with E-state index in [4.69, 9.17) is 0 Å². The standard InChI is InChI=1S/C25H44O3S.H3N/c1-3-4-5-6-7-8-9-10-11-12-13-14-15-16-17-18-19-24-22-25(29(26,27)28)21-20-23(24)2;/h20-22H,3-19H2,1-2H3,(H,26,27,28);1H3. The van der Waals surface area contributed by atoms with Crippen LogP contribution in [0.1, 0.15) is 121 Å². The summed E-state index contributed by atoms with van der Waals surface area (Å²) in [6.45, 7) is 4.27. The van der Waals surface area contributed by atoms with Crippen LogP contribution in [0, 0.1) is 6.92 Å². The van der Waals surface area contributed by atoms with E-state index in [0.717, 1.165) is 24.0 Å². The van der Waals surface area contributed by atoms with Crippen molar-refractivity contribution in [3.63, 3.8) is 0 Å². The van der Waals surface area contributed by atoms with Crippen LogP contribution in [-0.2, 0) is 16.5 Å². The summed E-state index contributed by atoms with van der Waals surface area (Å²) >= 11 is 0. The van der Waals surface area contributed by atoms with Gasteiger partial charge in [-0.3, -0.25) is 4.55 Å². The van der Waals surface area contributed by atoms with Crippen LogP contribution in [0.3, 0.4) is 0 Å². The topological polar surface area (TPSA) is 89.4 Å². The maximum atomic E-state index is 11.3. The number of rotatable bonds is 18. The van der Waals surface area contributed by atoms with Crippen molar-refractivity contribution in [2.45, 2.75) is 128 Å². The van der Waals surface area contributed by atoms with Crippen LogP contribution in [0.25, 0.3) is 0 Å². The summed E-state index contributed by atoms with van der Waals surface area (Å²) in [5, 5.41) is 0. The molecule has 30 heavy (non-hydrogen) atoms. The molecule has 0 fully saturated rings. The molecule has 5 heteroatoms. The van der Waals surface area contributed by atoms with Gasteiger partial charge in [-0.05, 0) is 43.0 Å². The van der Waals surface area contributed by atoms with Gasteiger partial charge in [0, 0.05) is 0 Å². The molecule has 0 saturated carbocycles. The van der Waals surface area contributed by atoms with Crippen LogP contribution in [0.4, 0.5) is 0 Å². The third-order valence-corrected chi connectivity index (χ3v) is 6.77. The molecule has 0 bridgehead atoms. The highest BCUT2D eigenvalue weighted by Gasteiger charge is 2.11. The maximum absolute atomic E-state index is 11.3. The van der Waals surface area contributed by atoms with Gasteiger partial charge in [0.2, 0.25) is 0 Å². The molecular weight excluding hydrogens is 394 g/mol. The van der Waals surface area contributed by atoms with Crippen LogP contribution in [-0.4, -0.2) is 13.0 Å². The van der Waals surface area contributed by atoms with Crippen molar-refractivity contribution in [3.8, 4) is 0 Å². The van der Waals surface area contributed by atoms with Crippen molar-refractivity contribution < 1.29 is 13.0 Å². The molecule has 0 unspecified atom stereocenters. The van der Waals surface area contributed by atoms with Crippen molar-refractivity contribution in [2.24, 2.45) is 0 Å². The average Bonchev–Trinajstić information content (AvgIpc) is 2.68. The Kier molecular flexibility index (Phi) is 17.2. The molecule has 0 radical (unpaired) electrons. The SMILES string of the molecule is CCCCCCCCCCCCCCCCCCc1cc(S(=O)(=O)O)ccc1C.N. The molecule has 4 N–H and O–H groups in total. The zero-order valence-corrected chi connectivity index (χ0v) is 20.4. The molecule has 1 rings (SSSR count). The second-order valence-corrected chi connectivity index (χ2v) is 10.0. The molecule has 0 atom stereocenters. The fraction of sp³-hybridized carbons (Fsp3) is 0.760. The Balaban J connectivity index is 0.00000841. The average molecular weight is 442 g/mol. The van der Waals surface area contributed by atoms with E-state index >= 15 is 0 Å². The third kappa shape index (κ3) is 14.2. The molecule has 0 saturated heterocycles. The van der Waals surface area contributed by atoms with Crippen LogP contribution in [0.15, 0.2) is 23.1 Å². The molecule has 1 aromatic carbocycles. The van der Waals surface area contributed by atoms with E-state index in [1.54, 1.807) is 12.1 Å². The van der Waals surface area contributed by atoms with Gasteiger partial charge in [-0.2, -0.15) is 8.42 Å². The molecule has 1 aromatic rings. The summed E-state index contributed by atoms with van der Waals surface area (Å²) in [6.07, 6.45) is 22.5. The monoisotopic (exact) mass is 441 g/mol. The molecule has 0 aliphatic rings. The molecule has 0 heterocycles. The summed E-state index contributed by atoms with van der Waals surface area (Å²) in [5.74, 6) is 0. The predicted octanol–water partition coefficient (Wildman–Crippen LogP) is 8.21. The Bertz CT molecular complexity index is 644. The lowest BCUT2D eigenvalue weighted by Gasteiger charge is -2.08. The smallest absolute Gasteiger partial charge is 0.294 e. The van der Waals surface area contributed by atoms with Gasteiger partial charge in [0.1, 0.15) is 0 Å². The number of aryl methyl sites for hydroxylation is 2. The van der Waals surface area contributed by atoms with Gasteiger partial charge in [0.05, 0.1) is 4.90 Å². The normalized spacial score (nSPS) is 11.4. The van der Waals surface area contributed by atoms with Crippen LogP contribution in [0.5, 0.6) is 0 Å². The number of hydrogen-bond acceptors (Lipinski definition) is 3. The first kappa shape index (κ1) is 29.1. The second-order valence-electron chi connectivity index (χ2n) is 8.62. The molecule has 0 aliphatic carbocycles. The van der Waals surface area contributed by atoms with E-state index in [2.05, 4.69) is 6.92 Å². The van der Waals surface area contributed by atoms with Crippen molar-refractivity contribution in [3.05, 3.63) is 29.3 Å². The van der Waals surface area contributed by atoms with Crippen molar-refractivity contribution in [2.75, 3.05) is 0 Å². The van der Waals surface area contributed by atoms with E-state index in [1.165, 1.54) is 102 Å². The van der Waals surface area contributed by atoms with Crippen LogP contribution in [0.2, 0.25) is 0 Å². The lowest BCUT2D eigenvalue weighted by molar-refractivity contribution is 0.483. The van der Waals surface area contributed by atoms with Crippen LogP contribution >= 0.6 is 0 Å². The van der Waals surface area contributed by atoms with Gasteiger partial charge in [-0.25, -0.2) is 0 Å². The van der Waals surface area contributed by atoms with E-state index in [0.29, 0.717) is 0 Å². The van der Waals surface area contributed by atoms with Gasteiger partial charge < -0.3 is 6.15 Å². The molecular formula is C25H47NO3S. The highest BCUT2D eigenvalue weighted by atomic mass is 32.2. The maximum Gasteiger partial charge on any atom is 0.294 e. The zero-order chi connectivity index (χ0) is 21.4. The molecule has 176 valence electrons. The van der Waals surface area contributed by atoms with E-state index in [1.807, 2.05) is 6.92 Å². The van der Waals surface area contributed by atoms with Crippen molar-refractivity contribution in [1.29, 1.82) is 0 Å². The van der Waals surface area contributed by atoms with E-state index in [-0.39, 0.29) is 11.0 Å². The minimum atomic E-state index is -4.10. The molecule has 4 nitrogen and oxygen atoms in total. The Morgan fingerprint density at radius 3 is 1.50 bits per heavy atom. The molecule has 0 spiro atoms. The largest absolute Gasteiger partial charge is 0.344 e. The number of unbranched alkanes of at least 4 members (excludes halogenated alkanes) is 15. The Hall–Kier alpha value is -0.910. The minimum absolute atomic E-state index is 0. The highest BCUT2D eigenvalue weighted by molar-refractivity contribution is 7.85.